The van der Waals surface area contributed by atoms with Crippen LogP contribution in [-0.2, 0) is 14.3 Å². The molecule has 0 aliphatic carbocycles. The van der Waals surface area contributed by atoms with Crippen LogP contribution < -0.4 is 0 Å². The minimum absolute atomic E-state index is 0.0463. The van der Waals surface area contributed by atoms with Gasteiger partial charge in [-0.25, -0.2) is 9.79 Å². The molecule has 1 rings (SSSR count). The Morgan fingerprint density at radius 3 is 2.38 bits per heavy atom. The van der Waals surface area contributed by atoms with Crippen molar-refractivity contribution < 1.29 is 14.3 Å². The summed E-state index contributed by atoms with van der Waals surface area (Å²) in [4.78, 5) is 23.0. The molecule has 0 aromatic heterocycles. The number of ketones is 1. The summed E-state index contributed by atoms with van der Waals surface area (Å²) in [5, 5.41) is 0. The van der Waals surface area contributed by atoms with E-state index in [9.17, 15) is 4.79 Å². The molecule has 13 heavy (non-hydrogen) atoms. The number of carbonyl (C=O) groups is 1. The van der Waals surface area contributed by atoms with E-state index in [4.69, 9.17) is 9.53 Å². The molecule has 0 aromatic carbocycles. The van der Waals surface area contributed by atoms with Crippen LogP contribution in [0.2, 0.25) is 0 Å². The molecule has 0 aromatic rings. The highest BCUT2D eigenvalue weighted by Gasteiger charge is 2.30. The summed E-state index contributed by atoms with van der Waals surface area (Å²) in [5.41, 5.74) is 0.590. The molecule has 0 radical (unpaired) electrons. The van der Waals surface area contributed by atoms with Crippen molar-refractivity contribution in [2.45, 2.75) is 20.0 Å². The molecular weight excluding hydrogens is 170 g/mol. The molecule has 1 unspecified atom stereocenters. The second-order valence-corrected chi connectivity index (χ2v) is 2.53. The predicted octanol–water partition coefficient (Wildman–Crippen LogP) is 0.872. The van der Waals surface area contributed by atoms with E-state index in [-0.39, 0.29) is 11.9 Å². The number of carbonyl (C=O) groups excluding carboxylic acids is 2. The maximum absolute atomic E-state index is 10.7. The summed E-state index contributed by atoms with van der Waals surface area (Å²) >= 11 is 0. The first-order chi connectivity index (χ1) is 6.13. The quantitative estimate of drug-likeness (QED) is 0.282. The van der Waals surface area contributed by atoms with Gasteiger partial charge in [0.15, 0.2) is 5.78 Å². The zero-order valence-corrected chi connectivity index (χ0v) is 7.87. The molecule has 0 N–H and O–H groups in total. The maximum Gasteiger partial charge on any atom is 0.234 e. The number of nitrogens with zero attached hydrogens (tertiary/aromatic N) is 1. The number of hydrogen-bond donors (Lipinski definition) is 0. The summed E-state index contributed by atoms with van der Waals surface area (Å²) in [6, 6.07) is 0. The molecule has 72 valence electrons. The zero-order chi connectivity index (χ0) is 10.3. The Bertz CT molecular complexity index is 237. The molecule has 0 spiro atoms. The molecule has 1 atom stereocenters. The minimum Gasteiger partial charge on any atom is -0.364 e. The number of isocyanates is 1. The van der Waals surface area contributed by atoms with Crippen molar-refractivity contribution in [2.24, 2.45) is 4.99 Å². The first-order valence-corrected chi connectivity index (χ1v) is 3.98. The van der Waals surface area contributed by atoms with Crippen LogP contribution in [-0.4, -0.2) is 31.1 Å². The summed E-state index contributed by atoms with van der Waals surface area (Å²) in [6.07, 6.45) is 1.25. The van der Waals surface area contributed by atoms with E-state index in [1.807, 2.05) is 0 Å². The predicted molar refractivity (Wildman–Crippen MR) is 48.2 cm³/mol. The van der Waals surface area contributed by atoms with Crippen molar-refractivity contribution in [3.05, 3.63) is 12.2 Å². The largest absolute Gasteiger partial charge is 0.364 e. The normalized spacial score (nSPS) is 17.5. The first kappa shape index (κ1) is 11.8. The Kier molecular flexibility index (Phi) is 5.68. The number of rotatable bonds is 3. The number of hydrogen-bond acceptors (Lipinski definition) is 4. The van der Waals surface area contributed by atoms with E-state index in [1.165, 1.54) is 6.08 Å². The number of ether oxygens (including phenoxy) is 1. The second-order valence-electron chi connectivity index (χ2n) is 2.53. The molecule has 1 aliphatic heterocycles. The zero-order valence-electron chi connectivity index (χ0n) is 7.87. The molecule has 4 heteroatoms. The lowest BCUT2D eigenvalue weighted by atomic mass is 10.2. The fourth-order valence-electron chi connectivity index (χ4n) is 0.539. The molecule has 1 saturated heterocycles. The highest BCUT2D eigenvalue weighted by atomic mass is 16.6. The first-order valence-electron chi connectivity index (χ1n) is 3.98. The number of aliphatic imine (C=N–C) groups is 1. The minimum atomic E-state index is -0.146. The third kappa shape index (κ3) is 5.96. The summed E-state index contributed by atoms with van der Waals surface area (Å²) in [6.45, 7) is 8.10. The Balaban J connectivity index is 0.000000252. The van der Waals surface area contributed by atoms with Crippen molar-refractivity contribution in [2.75, 3.05) is 13.2 Å². The van der Waals surface area contributed by atoms with Gasteiger partial charge in [0, 0.05) is 6.54 Å². The summed E-state index contributed by atoms with van der Waals surface area (Å²) in [7, 11) is 0. The second kappa shape index (κ2) is 6.29. The Labute approximate surface area is 77.3 Å². The van der Waals surface area contributed by atoms with E-state index in [0.717, 1.165) is 0 Å². The molecule has 0 bridgehead atoms. The van der Waals surface area contributed by atoms with Crippen LogP contribution in [0.1, 0.15) is 13.8 Å². The lowest BCUT2D eigenvalue weighted by Crippen LogP contribution is -2.05. The highest BCUT2D eigenvalue weighted by molar-refractivity contribution is 5.99. The van der Waals surface area contributed by atoms with Gasteiger partial charge in [-0.2, -0.15) is 0 Å². The lowest BCUT2D eigenvalue weighted by Gasteiger charge is -1.88. The van der Waals surface area contributed by atoms with Crippen molar-refractivity contribution in [1.82, 2.24) is 0 Å². The van der Waals surface area contributed by atoms with Crippen LogP contribution >= 0.6 is 0 Å². The molecule has 1 fully saturated rings. The van der Waals surface area contributed by atoms with Gasteiger partial charge in [-0.15, -0.1) is 0 Å². The number of epoxide rings is 1. The fourth-order valence-corrected chi connectivity index (χ4v) is 0.539. The molecule has 4 nitrogen and oxygen atoms in total. The summed E-state index contributed by atoms with van der Waals surface area (Å²) < 4.78 is 4.72. The van der Waals surface area contributed by atoms with Gasteiger partial charge in [0.1, 0.15) is 6.10 Å². The molecule has 1 aliphatic rings. The van der Waals surface area contributed by atoms with Crippen LogP contribution in [0, 0.1) is 0 Å². The highest BCUT2D eigenvalue weighted by Crippen LogP contribution is 2.13. The Morgan fingerprint density at radius 1 is 1.77 bits per heavy atom. The Morgan fingerprint density at radius 2 is 2.31 bits per heavy atom. The molecule has 1 heterocycles. The van der Waals surface area contributed by atoms with Gasteiger partial charge < -0.3 is 4.74 Å². The van der Waals surface area contributed by atoms with Crippen molar-refractivity contribution >= 4 is 11.9 Å². The van der Waals surface area contributed by atoms with E-state index < -0.39 is 0 Å². The van der Waals surface area contributed by atoms with Gasteiger partial charge in [0.25, 0.3) is 0 Å². The van der Waals surface area contributed by atoms with Crippen LogP contribution in [0.4, 0.5) is 0 Å². The third-order valence-corrected chi connectivity index (χ3v) is 1.27. The van der Waals surface area contributed by atoms with Crippen LogP contribution in [0.3, 0.4) is 0 Å². The van der Waals surface area contributed by atoms with Gasteiger partial charge in [-0.3, -0.25) is 4.79 Å². The topological polar surface area (TPSA) is 59.0 Å². The smallest absolute Gasteiger partial charge is 0.234 e. The van der Waals surface area contributed by atoms with E-state index in [0.29, 0.717) is 18.7 Å². The van der Waals surface area contributed by atoms with Crippen LogP contribution in [0.5, 0.6) is 0 Å². The van der Waals surface area contributed by atoms with Crippen molar-refractivity contribution in [3.63, 3.8) is 0 Å². The fraction of sp³-hybridized carbons (Fsp3) is 0.556. The van der Waals surface area contributed by atoms with Crippen molar-refractivity contribution in [3.8, 4) is 0 Å². The summed E-state index contributed by atoms with van der Waals surface area (Å²) in [5.74, 6) is 0.0463. The monoisotopic (exact) mass is 183 g/mol. The van der Waals surface area contributed by atoms with Crippen LogP contribution in [0.25, 0.3) is 0 Å². The van der Waals surface area contributed by atoms with Crippen molar-refractivity contribution in [1.29, 1.82) is 0 Å². The number of Topliss-reactive ketones (excluding diaryl/α,β-unsaturated/α-hetero) is 1. The van der Waals surface area contributed by atoms with Gasteiger partial charge in [-0.05, 0) is 19.4 Å². The molecular formula is C9H13NO3. The van der Waals surface area contributed by atoms with E-state index >= 15 is 0 Å². The third-order valence-electron chi connectivity index (χ3n) is 1.27. The van der Waals surface area contributed by atoms with Crippen LogP contribution in [0.15, 0.2) is 17.1 Å². The van der Waals surface area contributed by atoms with E-state index in [1.54, 1.807) is 13.8 Å². The van der Waals surface area contributed by atoms with Gasteiger partial charge >= 0.3 is 0 Å². The average molecular weight is 183 g/mol. The SMILES string of the molecule is C=C(C)C(=O)C1CO1.CCN=C=O. The molecule has 0 amide bonds. The van der Waals surface area contributed by atoms with Gasteiger partial charge in [0.05, 0.1) is 6.61 Å². The standard InChI is InChI=1S/C6H8O2.C3H5NO/c1-4(2)6(7)5-3-8-5;1-2-4-3-5/h5H,1,3H2,2H3;2H2,1H3. The molecule has 0 saturated carbocycles. The van der Waals surface area contributed by atoms with Gasteiger partial charge in [-0.1, -0.05) is 6.58 Å². The van der Waals surface area contributed by atoms with Gasteiger partial charge in [0.2, 0.25) is 6.08 Å². The van der Waals surface area contributed by atoms with E-state index in [2.05, 4.69) is 11.6 Å². The lowest BCUT2D eigenvalue weighted by molar-refractivity contribution is -0.116. The average Bonchev–Trinajstić information content (AvgIpc) is 2.88. The maximum atomic E-state index is 10.7. The Hall–Kier alpha value is -1.25.